The molecule has 1 unspecified atom stereocenters. The summed E-state index contributed by atoms with van der Waals surface area (Å²) in [6, 6.07) is 6.18. The zero-order chi connectivity index (χ0) is 21.9. The summed E-state index contributed by atoms with van der Waals surface area (Å²) in [6.45, 7) is 7.27. The van der Waals surface area contributed by atoms with Crippen molar-refractivity contribution >= 4 is 33.4 Å². The van der Waals surface area contributed by atoms with E-state index >= 15 is 0 Å². The Morgan fingerprint density at radius 1 is 1.20 bits per heavy atom. The van der Waals surface area contributed by atoms with Crippen molar-refractivity contribution in [3.63, 3.8) is 0 Å². The number of amides is 2. The molecule has 0 aromatic heterocycles. The fraction of sp³-hybridized carbons (Fsp3) is 0.571. The predicted octanol–water partition coefficient (Wildman–Crippen LogP) is 2.38. The minimum absolute atomic E-state index is 0.0361. The van der Waals surface area contributed by atoms with E-state index in [9.17, 15) is 18.0 Å². The zero-order valence-corrected chi connectivity index (χ0v) is 18.6. The molecule has 1 aromatic rings. The standard InChI is InChI=1S/C21H30N4O4S/c1-21(2,3)20(27)25-12-6-7-15(14-25)19(26)23-16-8-4-9-17(13-16)30(28,29)24-18-10-5-11-22-18/h4,8-9,13,15H,5-7,10-12,14H2,1-3H3,(H,22,24)(H,23,26). The SMILES string of the molecule is CC(C)(C)C(=O)N1CCCC(C(=O)Nc2cccc(S(=O)(=O)NC3=NCCC3)c2)C1. The van der Waals surface area contributed by atoms with Crippen LogP contribution in [0.3, 0.4) is 0 Å². The van der Waals surface area contributed by atoms with Gasteiger partial charge in [0.2, 0.25) is 11.8 Å². The molecule has 9 heteroatoms. The number of carbonyl (C=O) groups is 2. The Morgan fingerprint density at radius 2 is 1.97 bits per heavy atom. The van der Waals surface area contributed by atoms with Crippen LogP contribution in [0.5, 0.6) is 0 Å². The summed E-state index contributed by atoms with van der Waals surface area (Å²) in [5.74, 6) is -0.0235. The van der Waals surface area contributed by atoms with E-state index in [-0.39, 0.29) is 22.6 Å². The second kappa shape index (κ2) is 8.75. The Hall–Kier alpha value is -2.42. The minimum Gasteiger partial charge on any atom is -0.341 e. The highest BCUT2D eigenvalue weighted by Crippen LogP contribution is 2.25. The highest BCUT2D eigenvalue weighted by Gasteiger charge is 2.33. The lowest BCUT2D eigenvalue weighted by molar-refractivity contribution is -0.142. The van der Waals surface area contributed by atoms with Gasteiger partial charge in [-0.05, 0) is 37.5 Å². The van der Waals surface area contributed by atoms with Crippen LogP contribution < -0.4 is 10.0 Å². The number of hydrogen-bond acceptors (Lipinski definition) is 5. The summed E-state index contributed by atoms with van der Waals surface area (Å²) in [7, 11) is -3.75. The van der Waals surface area contributed by atoms with Crippen molar-refractivity contribution < 1.29 is 18.0 Å². The number of sulfonamides is 1. The van der Waals surface area contributed by atoms with Crippen LogP contribution in [0.25, 0.3) is 0 Å². The Balaban J connectivity index is 1.67. The number of amidine groups is 1. The molecule has 0 aliphatic carbocycles. The summed E-state index contributed by atoms with van der Waals surface area (Å²) in [4.78, 5) is 31.3. The van der Waals surface area contributed by atoms with Crippen LogP contribution >= 0.6 is 0 Å². The van der Waals surface area contributed by atoms with Gasteiger partial charge in [-0.3, -0.25) is 19.3 Å². The van der Waals surface area contributed by atoms with E-state index in [0.29, 0.717) is 44.0 Å². The molecular weight excluding hydrogens is 404 g/mol. The van der Waals surface area contributed by atoms with Gasteiger partial charge in [0.25, 0.3) is 10.0 Å². The van der Waals surface area contributed by atoms with Gasteiger partial charge >= 0.3 is 0 Å². The number of rotatable bonds is 4. The van der Waals surface area contributed by atoms with Crippen molar-refractivity contribution in [2.75, 3.05) is 25.0 Å². The van der Waals surface area contributed by atoms with Crippen molar-refractivity contribution in [1.82, 2.24) is 9.62 Å². The largest absolute Gasteiger partial charge is 0.341 e. The Bertz CT molecular complexity index is 950. The van der Waals surface area contributed by atoms with Gasteiger partial charge < -0.3 is 10.2 Å². The monoisotopic (exact) mass is 434 g/mol. The molecule has 1 fully saturated rings. The maximum Gasteiger partial charge on any atom is 0.262 e. The number of nitrogens with one attached hydrogen (secondary N) is 2. The molecule has 0 bridgehead atoms. The average molecular weight is 435 g/mol. The number of hydrogen-bond donors (Lipinski definition) is 2. The molecule has 0 radical (unpaired) electrons. The summed E-state index contributed by atoms with van der Waals surface area (Å²) in [5.41, 5.74) is -0.0759. The number of aliphatic imine (C=N–C) groups is 1. The van der Waals surface area contributed by atoms with Crippen molar-refractivity contribution in [3.05, 3.63) is 24.3 Å². The first-order chi connectivity index (χ1) is 14.1. The van der Waals surface area contributed by atoms with Gasteiger partial charge in [0.05, 0.1) is 10.8 Å². The van der Waals surface area contributed by atoms with Crippen molar-refractivity contribution in [3.8, 4) is 0 Å². The Morgan fingerprint density at radius 3 is 2.63 bits per heavy atom. The third-order valence-electron chi connectivity index (χ3n) is 5.26. The first kappa shape index (κ1) is 22.3. The quantitative estimate of drug-likeness (QED) is 0.758. The Labute approximate surface area is 178 Å². The van der Waals surface area contributed by atoms with Gasteiger partial charge in [0, 0.05) is 37.2 Å². The molecule has 3 rings (SSSR count). The first-order valence-electron chi connectivity index (χ1n) is 10.3. The Kier molecular flexibility index (Phi) is 6.50. The van der Waals surface area contributed by atoms with E-state index in [1.54, 1.807) is 17.0 Å². The molecule has 2 heterocycles. The smallest absolute Gasteiger partial charge is 0.262 e. The van der Waals surface area contributed by atoms with E-state index in [4.69, 9.17) is 0 Å². The summed E-state index contributed by atoms with van der Waals surface area (Å²) in [5, 5.41) is 2.82. The fourth-order valence-electron chi connectivity index (χ4n) is 3.67. The van der Waals surface area contributed by atoms with Crippen LogP contribution in [0.1, 0.15) is 46.5 Å². The van der Waals surface area contributed by atoms with E-state index in [1.807, 2.05) is 20.8 Å². The van der Waals surface area contributed by atoms with E-state index in [1.165, 1.54) is 12.1 Å². The maximum atomic E-state index is 12.8. The number of anilines is 1. The first-order valence-corrected chi connectivity index (χ1v) is 11.8. The molecule has 30 heavy (non-hydrogen) atoms. The normalized spacial score (nSPS) is 19.9. The molecule has 2 amide bonds. The molecule has 0 spiro atoms. The van der Waals surface area contributed by atoms with E-state index in [0.717, 1.165) is 12.8 Å². The lowest BCUT2D eigenvalue weighted by Gasteiger charge is -2.35. The minimum atomic E-state index is -3.75. The van der Waals surface area contributed by atoms with Crippen LogP contribution in [0.2, 0.25) is 0 Å². The predicted molar refractivity (Wildman–Crippen MR) is 116 cm³/mol. The fourth-order valence-corrected chi connectivity index (χ4v) is 4.81. The summed E-state index contributed by atoms with van der Waals surface area (Å²) < 4.78 is 27.7. The number of likely N-dealkylation sites (tertiary alicyclic amines) is 1. The zero-order valence-electron chi connectivity index (χ0n) is 17.8. The highest BCUT2D eigenvalue weighted by atomic mass is 32.2. The van der Waals surface area contributed by atoms with Gasteiger partial charge in [-0.25, -0.2) is 8.42 Å². The highest BCUT2D eigenvalue weighted by molar-refractivity contribution is 7.90. The maximum absolute atomic E-state index is 12.8. The average Bonchev–Trinajstić information content (AvgIpc) is 3.19. The van der Waals surface area contributed by atoms with Crippen LogP contribution in [0.15, 0.2) is 34.2 Å². The van der Waals surface area contributed by atoms with Crippen LogP contribution in [-0.2, 0) is 19.6 Å². The molecular formula is C21H30N4O4S. The van der Waals surface area contributed by atoms with Crippen LogP contribution in [-0.4, -0.2) is 50.6 Å². The van der Waals surface area contributed by atoms with Gasteiger partial charge in [0.1, 0.15) is 5.84 Å². The second-order valence-electron chi connectivity index (χ2n) is 8.89. The topological polar surface area (TPSA) is 108 Å². The number of benzene rings is 1. The molecule has 1 saturated heterocycles. The van der Waals surface area contributed by atoms with Crippen LogP contribution in [0, 0.1) is 11.3 Å². The van der Waals surface area contributed by atoms with E-state index < -0.39 is 15.4 Å². The number of piperidine rings is 1. The molecule has 164 valence electrons. The van der Waals surface area contributed by atoms with Gasteiger partial charge in [-0.2, -0.15) is 0 Å². The lowest BCUT2D eigenvalue weighted by atomic mass is 9.91. The summed E-state index contributed by atoms with van der Waals surface area (Å²) >= 11 is 0. The molecule has 1 atom stereocenters. The van der Waals surface area contributed by atoms with Crippen molar-refractivity contribution in [1.29, 1.82) is 0 Å². The molecule has 0 saturated carbocycles. The van der Waals surface area contributed by atoms with E-state index in [2.05, 4.69) is 15.0 Å². The number of carbonyl (C=O) groups excluding carboxylic acids is 2. The number of nitrogens with zero attached hydrogens (tertiary/aromatic N) is 2. The third kappa shape index (κ3) is 5.38. The molecule has 2 aliphatic rings. The summed E-state index contributed by atoms with van der Waals surface area (Å²) in [6.07, 6.45) is 2.91. The molecule has 8 nitrogen and oxygen atoms in total. The molecule has 2 aliphatic heterocycles. The van der Waals surface area contributed by atoms with Crippen LogP contribution in [0.4, 0.5) is 5.69 Å². The molecule has 2 N–H and O–H groups in total. The van der Waals surface area contributed by atoms with Gasteiger partial charge in [-0.15, -0.1) is 0 Å². The molecule has 1 aromatic carbocycles. The van der Waals surface area contributed by atoms with Crippen molar-refractivity contribution in [2.24, 2.45) is 16.3 Å². The van der Waals surface area contributed by atoms with Crippen molar-refractivity contribution in [2.45, 2.75) is 51.3 Å². The lowest BCUT2D eigenvalue weighted by Crippen LogP contribution is -2.47. The van der Waals surface area contributed by atoms with Gasteiger partial charge in [-0.1, -0.05) is 26.8 Å². The third-order valence-corrected chi connectivity index (χ3v) is 6.64. The van der Waals surface area contributed by atoms with Gasteiger partial charge in [0.15, 0.2) is 0 Å². The second-order valence-corrected chi connectivity index (χ2v) is 10.6.